The molecule has 1 saturated carbocycles. The molecule has 0 radical (unpaired) electrons. The third kappa shape index (κ3) is 2.70. The van der Waals surface area contributed by atoms with Crippen molar-refractivity contribution in [3.05, 3.63) is 23.8 Å². The molecule has 9 heteroatoms. The lowest BCUT2D eigenvalue weighted by molar-refractivity contribution is 0.386. The Morgan fingerprint density at radius 3 is 2.65 bits per heavy atom. The molecule has 4 heterocycles. The van der Waals surface area contributed by atoms with Gasteiger partial charge in [-0.3, -0.25) is 0 Å². The first-order chi connectivity index (χ1) is 12.8. The molecule has 3 aromatic heterocycles. The van der Waals surface area contributed by atoms with E-state index in [1.807, 2.05) is 16.6 Å². The van der Waals surface area contributed by atoms with Crippen molar-refractivity contribution in [3.8, 4) is 5.88 Å². The zero-order valence-corrected chi connectivity index (χ0v) is 15.5. The monoisotopic (exact) mass is 371 g/mol. The Balaban J connectivity index is 1.30. The largest absolute Gasteiger partial charge is 0.480 e. The minimum absolute atomic E-state index is 0.347. The number of ether oxygens (including phenoxy) is 1. The molecule has 1 saturated heterocycles. The molecule has 0 spiro atoms. The number of hydrogen-bond acceptors (Lipinski definition) is 8. The minimum Gasteiger partial charge on any atom is -0.480 e. The number of anilines is 1. The molecule has 2 aliphatic rings. The molecule has 1 aliphatic carbocycles. The summed E-state index contributed by atoms with van der Waals surface area (Å²) >= 11 is 1.54. The summed E-state index contributed by atoms with van der Waals surface area (Å²) in [5, 5.41) is 14.2. The van der Waals surface area contributed by atoms with Crippen LogP contribution in [0.4, 0.5) is 5.13 Å². The van der Waals surface area contributed by atoms with Crippen LogP contribution in [0.3, 0.4) is 0 Å². The van der Waals surface area contributed by atoms with Crippen molar-refractivity contribution >= 4 is 22.3 Å². The normalized spacial score (nSPS) is 19.0. The molecule has 26 heavy (non-hydrogen) atoms. The fourth-order valence-electron chi connectivity index (χ4n) is 3.67. The summed E-state index contributed by atoms with van der Waals surface area (Å²) in [6.07, 6.45) is 5.83. The minimum atomic E-state index is 0.347. The van der Waals surface area contributed by atoms with E-state index in [4.69, 9.17) is 9.72 Å². The molecule has 5 rings (SSSR count). The van der Waals surface area contributed by atoms with Crippen molar-refractivity contribution in [2.24, 2.45) is 0 Å². The third-order valence-corrected chi connectivity index (χ3v) is 6.29. The summed E-state index contributed by atoms with van der Waals surface area (Å²) in [5.74, 6) is 3.50. The standard InChI is InChI=1S/C17H21N7OS/c1-25-14-6-5-13-19-20-16(24(13)21-14)12-7-9-23(10-8-12)17-18-15(22-26-17)11-3-2-4-11/h5-6,11-12H,2-4,7-10H2,1H3. The van der Waals surface area contributed by atoms with Gasteiger partial charge >= 0.3 is 0 Å². The second kappa shape index (κ2) is 6.46. The molecule has 0 aromatic carbocycles. The van der Waals surface area contributed by atoms with E-state index in [1.54, 1.807) is 18.6 Å². The van der Waals surface area contributed by atoms with Gasteiger partial charge in [-0.15, -0.1) is 15.3 Å². The number of methoxy groups -OCH3 is 1. The highest BCUT2D eigenvalue weighted by Crippen LogP contribution is 2.37. The zero-order valence-electron chi connectivity index (χ0n) is 14.7. The van der Waals surface area contributed by atoms with Crippen molar-refractivity contribution in [1.82, 2.24) is 29.2 Å². The summed E-state index contributed by atoms with van der Waals surface area (Å²) < 4.78 is 11.6. The van der Waals surface area contributed by atoms with Crippen molar-refractivity contribution < 1.29 is 4.74 Å². The van der Waals surface area contributed by atoms with Gasteiger partial charge in [0.15, 0.2) is 11.5 Å². The average molecular weight is 371 g/mol. The van der Waals surface area contributed by atoms with Gasteiger partial charge < -0.3 is 9.64 Å². The van der Waals surface area contributed by atoms with Gasteiger partial charge in [0.05, 0.1) is 7.11 Å². The molecule has 2 fully saturated rings. The van der Waals surface area contributed by atoms with E-state index < -0.39 is 0 Å². The quantitative estimate of drug-likeness (QED) is 0.697. The molecular weight excluding hydrogens is 350 g/mol. The highest BCUT2D eigenvalue weighted by Gasteiger charge is 2.28. The van der Waals surface area contributed by atoms with Crippen LogP contribution in [0.2, 0.25) is 0 Å². The van der Waals surface area contributed by atoms with Gasteiger partial charge in [0.1, 0.15) is 5.82 Å². The van der Waals surface area contributed by atoms with Crippen molar-refractivity contribution in [3.63, 3.8) is 0 Å². The lowest BCUT2D eigenvalue weighted by atomic mass is 9.85. The number of hydrogen-bond donors (Lipinski definition) is 0. The van der Waals surface area contributed by atoms with Crippen molar-refractivity contribution in [1.29, 1.82) is 0 Å². The van der Waals surface area contributed by atoms with E-state index in [0.29, 0.717) is 17.7 Å². The zero-order chi connectivity index (χ0) is 17.5. The SMILES string of the molecule is COc1ccc2nnc(C3CCN(c4nc(C5CCC5)ns4)CC3)n2n1. The first-order valence-corrected chi connectivity index (χ1v) is 9.94. The van der Waals surface area contributed by atoms with Gasteiger partial charge in [0.2, 0.25) is 11.0 Å². The van der Waals surface area contributed by atoms with Crippen LogP contribution in [-0.4, -0.2) is 49.4 Å². The van der Waals surface area contributed by atoms with E-state index in [0.717, 1.165) is 48.4 Å². The Labute approximate surface area is 155 Å². The van der Waals surface area contributed by atoms with Crippen LogP contribution in [0.1, 0.15) is 55.6 Å². The van der Waals surface area contributed by atoms with E-state index in [1.165, 1.54) is 19.3 Å². The highest BCUT2D eigenvalue weighted by molar-refractivity contribution is 7.09. The topological polar surface area (TPSA) is 81.3 Å². The molecule has 1 aliphatic heterocycles. The summed E-state index contributed by atoms with van der Waals surface area (Å²) in [4.78, 5) is 7.14. The van der Waals surface area contributed by atoms with Crippen LogP contribution in [0.5, 0.6) is 5.88 Å². The predicted octanol–water partition coefficient (Wildman–Crippen LogP) is 2.64. The van der Waals surface area contributed by atoms with Crippen LogP contribution in [-0.2, 0) is 0 Å². The van der Waals surface area contributed by atoms with Crippen LogP contribution < -0.4 is 9.64 Å². The van der Waals surface area contributed by atoms with Gasteiger partial charge in [-0.05, 0) is 31.7 Å². The molecule has 0 N–H and O–H groups in total. The van der Waals surface area contributed by atoms with Crippen LogP contribution >= 0.6 is 11.5 Å². The van der Waals surface area contributed by atoms with Crippen LogP contribution in [0.15, 0.2) is 12.1 Å². The highest BCUT2D eigenvalue weighted by atomic mass is 32.1. The third-order valence-electron chi connectivity index (χ3n) is 5.50. The Morgan fingerprint density at radius 2 is 1.92 bits per heavy atom. The molecule has 0 unspecified atom stereocenters. The smallest absolute Gasteiger partial charge is 0.231 e. The summed E-state index contributed by atoms with van der Waals surface area (Å²) in [5.41, 5.74) is 0.762. The Bertz CT molecular complexity index is 911. The fourth-order valence-corrected chi connectivity index (χ4v) is 4.47. The van der Waals surface area contributed by atoms with Gasteiger partial charge in [0, 0.05) is 42.5 Å². The second-order valence-corrected chi connectivity index (χ2v) is 7.76. The number of rotatable bonds is 4. The molecule has 0 bridgehead atoms. The predicted molar refractivity (Wildman–Crippen MR) is 98.0 cm³/mol. The van der Waals surface area contributed by atoms with Gasteiger partial charge in [-0.2, -0.15) is 8.89 Å². The maximum atomic E-state index is 5.23. The van der Waals surface area contributed by atoms with E-state index >= 15 is 0 Å². The molecule has 0 atom stereocenters. The number of nitrogens with zero attached hydrogens (tertiary/aromatic N) is 7. The summed E-state index contributed by atoms with van der Waals surface area (Å²) in [6, 6.07) is 3.70. The number of aromatic nitrogens is 6. The number of piperidine rings is 1. The van der Waals surface area contributed by atoms with Gasteiger partial charge in [-0.1, -0.05) is 6.42 Å². The Morgan fingerprint density at radius 1 is 1.08 bits per heavy atom. The van der Waals surface area contributed by atoms with Crippen LogP contribution in [0, 0.1) is 0 Å². The average Bonchev–Trinajstić information content (AvgIpc) is 3.27. The second-order valence-electron chi connectivity index (χ2n) is 7.03. The first-order valence-electron chi connectivity index (χ1n) is 9.17. The van der Waals surface area contributed by atoms with Gasteiger partial charge in [0.25, 0.3) is 0 Å². The Kier molecular flexibility index (Phi) is 3.96. The van der Waals surface area contributed by atoms with Crippen LogP contribution in [0.25, 0.3) is 5.65 Å². The molecular formula is C17H21N7OS. The molecule has 136 valence electrons. The Hall–Kier alpha value is -2.29. The van der Waals surface area contributed by atoms with Crippen molar-refractivity contribution in [2.45, 2.75) is 43.9 Å². The maximum Gasteiger partial charge on any atom is 0.231 e. The number of fused-ring (bicyclic) bond motifs is 1. The van der Waals surface area contributed by atoms with E-state index in [9.17, 15) is 0 Å². The van der Waals surface area contributed by atoms with E-state index in [2.05, 4.69) is 24.6 Å². The fraction of sp³-hybridized carbons (Fsp3) is 0.588. The van der Waals surface area contributed by atoms with Crippen molar-refractivity contribution in [2.75, 3.05) is 25.1 Å². The lowest BCUT2D eigenvalue weighted by Gasteiger charge is -2.30. The summed E-state index contributed by atoms with van der Waals surface area (Å²) in [7, 11) is 1.62. The summed E-state index contributed by atoms with van der Waals surface area (Å²) in [6.45, 7) is 1.92. The molecule has 8 nitrogen and oxygen atoms in total. The molecule has 3 aromatic rings. The first kappa shape index (κ1) is 15.9. The maximum absolute atomic E-state index is 5.23. The van der Waals surface area contributed by atoms with E-state index in [-0.39, 0.29) is 0 Å². The lowest BCUT2D eigenvalue weighted by Crippen LogP contribution is -2.33. The van der Waals surface area contributed by atoms with Gasteiger partial charge in [-0.25, -0.2) is 4.98 Å². The molecule has 0 amide bonds.